The predicted octanol–water partition coefficient (Wildman–Crippen LogP) is 2.61. The molecule has 0 saturated heterocycles. The minimum atomic E-state index is -4.12. The molecule has 3 aromatic rings. The van der Waals surface area contributed by atoms with Gasteiger partial charge in [-0.2, -0.15) is 8.42 Å². The van der Waals surface area contributed by atoms with Crippen LogP contribution in [0.1, 0.15) is 24.2 Å². The molecule has 0 unspecified atom stereocenters. The van der Waals surface area contributed by atoms with Gasteiger partial charge in [0.25, 0.3) is 15.9 Å². The number of sulfonamides is 1. The van der Waals surface area contributed by atoms with E-state index in [4.69, 9.17) is 9.47 Å². The van der Waals surface area contributed by atoms with Gasteiger partial charge in [0.15, 0.2) is 10.8 Å². The first-order chi connectivity index (χ1) is 19.9. The molecule has 13 nitrogen and oxygen atoms in total. The molecule has 14 heteroatoms. The molecule has 3 amide bonds. The third-order valence-corrected chi connectivity index (χ3v) is 8.28. The van der Waals surface area contributed by atoms with Crippen LogP contribution in [0.15, 0.2) is 60.0 Å². The Hall–Kier alpha value is -4.30. The summed E-state index contributed by atoms with van der Waals surface area (Å²) in [5.41, 5.74) is 0.746. The molecule has 226 valence electrons. The van der Waals surface area contributed by atoms with Crippen molar-refractivity contribution < 1.29 is 32.6 Å². The van der Waals surface area contributed by atoms with Crippen molar-refractivity contribution in [3.8, 4) is 11.5 Å². The van der Waals surface area contributed by atoms with Crippen molar-refractivity contribution >= 4 is 33.3 Å². The zero-order valence-electron chi connectivity index (χ0n) is 24.1. The maximum absolute atomic E-state index is 13.7. The van der Waals surface area contributed by atoms with Gasteiger partial charge in [-0.25, -0.2) is 9.78 Å². The molecular weight excluding hydrogens is 564 g/mol. The molecule has 0 radical (unpaired) electrons. The number of amides is 3. The van der Waals surface area contributed by atoms with E-state index in [0.29, 0.717) is 11.4 Å². The van der Waals surface area contributed by atoms with Crippen LogP contribution in [-0.2, 0) is 17.1 Å². The van der Waals surface area contributed by atoms with Gasteiger partial charge in [0, 0.05) is 38.4 Å². The number of likely N-dealkylation sites (N-methyl/N-ethyl adjacent to an activating group) is 1. The quantitative estimate of drug-likeness (QED) is 0.339. The molecule has 0 bridgehead atoms. The Morgan fingerprint density at radius 1 is 1.26 bits per heavy atom. The number of hydrogen-bond donors (Lipinski definition) is 3. The number of aromatic nitrogens is 2. The number of imidazole rings is 1. The number of rotatable bonds is 9. The van der Waals surface area contributed by atoms with E-state index in [-0.39, 0.29) is 53.7 Å². The van der Waals surface area contributed by atoms with Crippen LogP contribution < -0.4 is 19.5 Å². The molecule has 2 aromatic carbocycles. The number of carbonyl (C=O) groups excluding carboxylic acids is 2. The number of aliphatic hydroxyl groups is 1. The van der Waals surface area contributed by atoms with E-state index < -0.39 is 28.1 Å². The highest BCUT2D eigenvalue weighted by molar-refractivity contribution is 7.92. The van der Waals surface area contributed by atoms with E-state index in [0.717, 1.165) is 0 Å². The van der Waals surface area contributed by atoms with Gasteiger partial charge in [-0.3, -0.25) is 9.52 Å². The molecule has 0 saturated carbocycles. The van der Waals surface area contributed by atoms with Gasteiger partial charge < -0.3 is 34.3 Å². The summed E-state index contributed by atoms with van der Waals surface area (Å²) in [5.74, 6) is -0.0470. The lowest BCUT2D eigenvalue weighted by atomic mass is 9.99. The van der Waals surface area contributed by atoms with Crippen LogP contribution in [0.2, 0.25) is 0 Å². The Morgan fingerprint density at radius 3 is 2.60 bits per heavy atom. The third kappa shape index (κ3) is 6.77. The second-order valence-corrected chi connectivity index (χ2v) is 12.0. The topological polar surface area (TPSA) is 155 Å². The Kier molecular flexibility index (Phi) is 9.27. The maximum atomic E-state index is 13.7. The number of nitrogens with one attached hydrogen (secondary N) is 2. The van der Waals surface area contributed by atoms with E-state index >= 15 is 0 Å². The van der Waals surface area contributed by atoms with Crippen LogP contribution in [0.5, 0.6) is 11.5 Å². The van der Waals surface area contributed by atoms with E-state index in [1.807, 2.05) is 6.92 Å². The minimum absolute atomic E-state index is 0.0256. The highest BCUT2D eigenvalue weighted by atomic mass is 32.2. The second-order valence-electron chi connectivity index (χ2n) is 10.3. The summed E-state index contributed by atoms with van der Waals surface area (Å²) in [5, 5.41) is 12.5. The predicted molar refractivity (Wildman–Crippen MR) is 156 cm³/mol. The number of aliphatic hydroxyl groups excluding tert-OH is 1. The van der Waals surface area contributed by atoms with Crippen LogP contribution in [0, 0.1) is 5.92 Å². The highest BCUT2D eigenvalue weighted by Gasteiger charge is 2.35. The smallest absolute Gasteiger partial charge is 0.321 e. The molecule has 0 fully saturated rings. The second kappa shape index (κ2) is 12.7. The zero-order valence-corrected chi connectivity index (χ0v) is 25.0. The molecule has 1 aliphatic heterocycles. The number of ether oxygens (including phenoxy) is 2. The molecule has 0 aliphatic carbocycles. The molecule has 42 heavy (non-hydrogen) atoms. The van der Waals surface area contributed by atoms with Crippen molar-refractivity contribution in [2.75, 3.05) is 43.9 Å². The van der Waals surface area contributed by atoms with Crippen molar-refractivity contribution in [2.24, 2.45) is 13.0 Å². The summed E-state index contributed by atoms with van der Waals surface area (Å²) in [4.78, 5) is 33.7. The Labute approximate surface area is 245 Å². The van der Waals surface area contributed by atoms with Gasteiger partial charge in [-0.05, 0) is 43.3 Å². The maximum Gasteiger partial charge on any atom is 0.321 e. The van der Waals surface area contributed by atoms with Gasteiger partial charge in [-0.1, -0.05) is 13.0 Å². The number of aryl methyl sites for hydroxylation is 1. The van der Waals surface area contributed by atoms with Crippen LogP contribution in [-0.4, -0.2) is 90.8 Å². The van der Waals surface area contributed by atoms with E-state index in [1.54, 1.807) is 64.5 Å². The van der Waals surface area contributed by atoms with E-state index in [1.165, 1.54) is 33.0 Å². The molecule has 1 aliphatic rings. The first-order valence-corrected chi connectivity index (χ1v) is 14.8. The number of urea groups is 1. The summed E-state index contributed by atoms with van der Waals surface area (Å²) in [7, 11) is 0.703. The zero-order chi connectivity index (χ0) is 30.6. The van der Waals surface area contributed by atoms with E-state index in [2.05, 4.69) is 15.0 Å². The number of carbonyl (C=O) groups is 2. The monoisotopic (exact) mass is 600 g/mol. The number of benzene rings is 2. The molecule has 3 atom stereocenters. The standard InChI is InChI=1S/C28H36N6O7S/c1-18-13-34(19(2)16-35)27(36)22-7-6-8-23(31-42(38,39)25-15-32(3)17-29-25)26(22)41-24(18)14-33(4)28(37)30-20-9-11-21(40-5)12-10-20/h6-12,15,17-19,24,31,35H,13-14,16H2,1-5H3,(H,30,37)/t18-,19-,24+/m1/s1. The first-order valence-electron chi connectivity index (χ1n) is 13.3. The summed E-state index contributed by atoms with van der Waals surface area (Å²) in [6.07, 6.45) is 2.06. The molecule has 2 heterocycles. The number of para-hydroxylation sites is 1. The van der Waals surface area contributed by atoms with Gasteiger partial charge in [0.2, 0.25) is 0 Å². The van der Waals surface area contributed by atoms with Gasteiger partial charge in [-0.15, -0.1) is 0 Å². The lowest BCUT2D eigenvalue weighted by Crippen LogP contribution is -2.50. The highest BCUT2D eigenvalue weighted by Crippen LogP contribution is 2.36. The van der Waals surface area contributed by atoms with Gasteiger partial charge in [0.1, 0.15) is 11.9 Å². The van der Waals surface area contributed by atoms with E-state index in [9.17, 15) is 23.1 Å². The molecular formula is C28H36N6O7S. The molecule has 4 rings (SSSR count). The van der Waals surface area contributed by atoms with Crippen LogP contribution >= 0.6 is 0 Å². The van der Waals surface area contributed by atoms with Crippen molar-refractivity contribution in [3.63, 3.8) is 0 Å². The summed E-state index contributed by atoms with van der Waals surface area (Å²) in [6, 6.07) is 10.6. The summed E-state index contributed by atoms with van der Waals surface area (Å²) >= 11 is 0. The number of anilines is 2. The number of methoxy groups -OCH3 is 1. The Bertz CT molecular complexity index is 1530. The van der Waals surface area contributed by atoms with Gasteiger partial charge in [0.05, 0.1) is 43.9 Å². The normalized spacial score (nSPS) is 17.8. The average molecular weight is 601 g/mol. The van der Waals surface area contributed by atoms with Crippen molar-refractivity contribution in [3.05, 3.63) is 60.6 Å². The van der Waals surface area contributed by atoms with Crippen molar-refractivity contribution in [1.82, 2.24) is 19.4 Å². The van der Waals surface area contributed by atoms with Gasteiger partial charge >= 0.3 is 6.03 Å². The fourth-order valence-corrected chi connectivity index (χ4v) is 5.56. The fraction of sp³-hybridized carbons (Fsp3) is 0.393. The molecule has 1 aromatic heterocycles. The van der Waals surface area contributed by atoms with Crippen LogP contribution in [0.4, 0.5) is 16.2 Å². The van der Waals surface area contributed by atoms with Crippen LogP contribution in [0.25, 0.3) is 0 Å². The average Bonchev–Trinajstić information content (AvgIpc) is 3.42. The number of nitrogens with zero attached hydrogens (tertiary/aromatic N) is 4. The lowest BCUT2D eigenvalue weighted by Gasteiger charge is -2.38. The number of hydrogen-bond acceptors (Lipinski definition) is 8. The summed E-state index contributed by atoms with van der Waals surface area (Å²) < 4.78 is 41.9. The molecule has 0 spiro atoms. The molecule has 3 N–H and O–H groups in total. The fourth-order valence-electron chi connectivity index (χ4n) is 4.51. The number of fused-ring (bicyclic) bond motifs is 1. The third-order valence-electron chi connectivity index (χ3n) is 7.03. The van der Waals surface area contributed by atoms with Crippen molar-refractivity contribution in [2.45, 2.75) is 31.0 Å². The minimum Gasteiger partial charge on any atom is -0.497 e. The summed E-state index contributed by atoms with van der Waals surface area (Å²) in [6.45, 7) is 3.68. The SMILES string of the molecule is COc1ccc(NC(=O)N(C)C[C@@H]2Oc3c(NS(=O)(=O)c4cn(C)cn4)cccc3C(=O)N([C@H](C)CO)C[C@H]2C)cc1. The largest absolute Gasteiger partial charge is 0.497 e. The first kappa shape index (κ1) is 30.7. The Balaban J connectivity index is 1.66. The Morgan fingerprint density at radius 2 is 1.98 bits per heavy atom. The lowest BCUT2D eigenvalue weighted by molar-refractivity contribution is 0.0373. The van der Waals surface area contributed by atoms with Crippen LogP contribution in [0.3, 0.4) is 0 Å². The van der Waals surface area contributed by atoms with Crippen molar-refractivity contribution in [1.29, 1.82) is 0 Å².